The summed E-state index contributed by atoms with van der Waals surface area (Å²) in [5.41, 5.74) is 10.4. The molecule has 0 aromatic carbocycles. The molecular formula is C11H15N5O2. The molecule has 0 bridgehead atoms. The van der Waals surface area contributed by atoms with E-state index >= 15 is 0 Å². The summed E-state index contributed by atoms with van der Waals surface area (Å²) in [5, 5.41) is 7.95. The molecule has 0 radical (unpaired) electrons. The first-order valence-corrected chi connectivity index (χ1v) is 6.00. The monoisotopic (exact) mass is 249 g/mol. The van der Waals surface area contributed by atoms with Crippen LogP contribution in [0.5, 0.6) is 0 Å². The number of azide groups is 1. The summed E-state index contributed by atoms with van der Waals surface area (Å²) in [5.74, 6) is -0.297. The maximum atomic E-state index is 11.4. The number of carbonyl (C=O) groups excluding carboxylic acids is 1. The number of hydrogen-bond donors (Lipinski definition) is 0. The highest BCUT2D eigenvalue weighted by atomic mass is 16.5. The lowest BCUT2D eigenvalue weighted by Crippen LogP contribution is -2.18. The summed E-state index contributed by atoms with van der Waals surface area (Å²) in [6.07, 6.45) is 4.31. The zero-order chi connectivity index (χ0) is 13.0. The molecule has 1 atom stereocenters. The predicted molar refractivity (Wildman–Crippen MR) is 63.7 cm³/mol. The molecule has 96 valence electrons. The van der Waals surface area contributed by atoms with E-state index in [9.17, 15) is 4.79 Å². The maximum absolute atomic E-state index is 11.4. The van der Waals surface area contributed by atoms with E-state index in [4.69, 9.17) is 10.3 Å². The maximum Gasteiger partial charge on any atom is 0.327 e. The van der Waals surface area contributed by atoms with Crippen LogP contribution in [-0.4, -0.2) is 22.4 Å². The van der Waals surface area contributed by atoms with E-state index in [0.717, 1.165) is 30.5 Å². The molecule has 18 heavy (non-hydrogen) atoms. The van der Waals surface area contributed by atoms with Gasteiger partial charge in [0.25, 0.3) is 0 Å². The highest BCUT2D eigenvalue weighted by Crippen LogP contribution is 2.32. The van der Waals surface area contributed by atoms with Crippen LogP contribution in [0.3, 0.4) is 0 Å². The van der Waals surface area contributed by atoms with Crippen molar-refractivity contribution < 1.29 is 9.53 Å². The van der Waals surface area contributed by atoms with Gasteiger partial charge in [-0.2, -0.15) is 5.10 Å². The smallest absolute Gasteiger partial charge is 0.327 e. The number of hydrogen-bond acceptors (Lipinski definition) is 4. The standard InChI is InChI=1S/C11H15N5O2/c1-2-18-11(17)7-16-10-5-3-4-9(14-15-12)8(10)6-13-16/h6,9H,2-5,7H2,1H3. The molecule has 2 rings (SSSR count). The lowest BCUT2D eigenvalue weighted by atomic mass is 9.94. The Hall–Kier alpha value is -2.01. The van der Waals surface area contributed by atoms with Gasteiger partial charge in [0.05, 0.1) is 18.8 Å². The third-order valence-corrected chi connectivity index (χ3v) is 3.01. The van der Waals surface area contributed by atoms with Crippen LogP contribution in [-0.2, 0) is 22.5 Å². The van der Waals surface area contributed by atoms with Gasteiger partial charge in [0.15, 0.2) is 0 Å². The summed E-state index contributed by atoms with van der Waals surface area (Å²) in [6, 6.07) is -0.158. The van der Waals surface area contributed by atoms with Crippen molar-refractivity contribution in [3.05, 3.63) is 27.9 Å². The molecule has 0 N–H and O–H groups in total. The van der Waals surface area contributed by atoms with Gasteiger partial charge in [0.2, 0.25) is 0 Å². The topological polar surface area (TPSA) is 92.9 Å². The minimum Gasteiger partial charge on any atom is -0.465 e. The zero-order valence-corrected chi connectivity index (χ0v) is 10.2. The molecule has 1 aromatic rings. The van der Waals surface area contributed by atoms with Crippen LogP contribution in [0.15, 0.2) is 11.3 Å². The fourth-order valence-corrected chi connectivity index (χ4v) is 2.24. The molecule has 0 aliphatic heterocycles. The largest absolute Gasteiger partial charge is 0.465 e. The fraction of sp³-hybridized carbons (Fsp3) is 0.636. The third-order valence-electron chi connectivity index (χ3n) is 3.01. The molecular weight excluding hydrogens is 234 g/mol. The van der Waals surface area contributed by atoms with E-state index in [0.29, 0.717) is 6.61 Å². The van der Waals surface area contributed by atoms with Gasteiger partial charge in [-0.05, 0) is 31.7 Å². The van der Waals surface area contributed by atoms with Crippen molar-refractivity contribution >= 4 is 5.97 Å². The van der Waals surface area contributed by atoms with E-state index in [1.807, 2.05) is 0 Å². The summed E-state index contributed by atoms with van der Waals surface area (Å²) in [4.78, 5) is 14.3. The number of rotatable bonds is 4. The Labute approximate surface area is 104 Å². The summed E-state index contributed by atoms with van der Waals surface area (Å²) in [7, 11) is 0. The lowest BCUT2D eigenvalue weighted by Gasteiger charge is -2.18. The van der Waals surface area contributed by atoms with Gasteiger partial charge in [-0.15, -0.1) is 0 Å². The van der Waals surface area contributed by atoms with Crippen molar-refractivity contribution in [2.24, 2.45) is 5.11 Å². The van der Waals surface area contributed by atoms with Crippen molar-refractivity contribution in [1.82, 2.24) is 9.78 Å². The van der Waals surface area contributed by atoms with E-state index < -0.39 is 0 Å². The number of nitrogens with zero attached hydrogens (tertiary/aromatic N) is 5. The molecule has 0 amide bonds. The van der Waals surface area contributed by atoms with Crippen LogP contribution in [0.2, 0.25) is 0 Å². The van der Waals surface area contributed by atoms with Crippen molar-refractivity contribution in [1.29, 1.82) is 0 Å². The Morgan fingerprint density at radius 3 is 3.33 bits per heavy atom. The second-order valence-corrected chi connectivity index (χ2v) is 4.12. The van der Waals surface area contributed by atoms with E-state index in [2.05, 4.69) is 15.1 Å². The van der Waals surface area contributed by atoms with Gasteiger partial charge in [-0.3, -0.25) is 9.48 Å². The molecule has 1 aliphatic rings. The molecule has 1 heterocycles. The molecule has 0 spiro atoms. The minimum atomic E-state index is -0.297. The van der Waals surface area contributed by atoms with Gasteiger partial charge < -0.3 is 4.74 Å². The van der Waals surface area contributed by atoms with Crippen molar-refractivity contribution in [3.8, 4) is 0 Å². The molecule has 0 saturated heterocycles. The van der Waals surface area contributed by atoms with Crippen molar-refractivity contribution in [2.75, 3.05) is 6.61 Å². The van der Waals surface area contributed by atoms with Gasteiger partial charge in [-0.1, -0.05) is 5.11 Å². The first kappa shape index (κ1) is 12.4. The fourth-order valence-electron chi connectivity index (χ4n) is 2.24. The van der Waals surface area contributed by atoms with Crippen LogP contribution < -0.4 is 0 Å². The number of esters is 1. The lowest BCUT2D eigenvalue weighted by molar-refractivity contribution is -0.144. The average molecular weight is 249 g/mol. The van der Waals surface area contributed by atoms with Gasteiger partial charge in [0.1, 0.15) is 6.54 Å². The van der Waals surface area contributed by atoms with Gasteiger partial charge in [-0.25, -0.2) is 0 Å². The third kappa shape index (κ3) is 2.46. The molecule has 1 unspecified atom stereocenters. The first-order chi connectivity index (χ1) is 8.76. The predicted octanol–water partition coefficient (Wildman–Crippen LogP) is 2.13. The second kappa shape index (κ2) is 5.55. The number of ether oxygens (including phenoxy) is 1. The van der Waals surface area contributed by atoms with Crippen molar-refractivity contribution in [3.63, 3.8) is 0 Å². The Morgan fingerprint density at radius 1 is 1.78 bits per heavy atom. The number of aromatic nitrogens is 2. The van der Waals surface area contributed by atoms with Crippen LogP contribution in [0, 0.1) is 0 Å². The molecule has 0 fully saturated rings. The molecule has 7 nitrogen and oxygen atoms in total. The van der Waals surface area contributed by atoms with Crippen LogP contribution >= 0.6 is 0 Å². The van der Waals surface area contributed by atoms with Gasteiger partial charge in [0, 0.05) is 16.2 Å². The quantitative estimate of drug-likeness (QED) is 0.354. The van der Waals surface area contributed by atoms with Crippen molar-refractivity contribution in [2.45, 2.75) is 38.8 Å². The Bertz CT molecular complexity index is 490. The van der Waals surface area contributed by atoms with Crippen LogP contribution in [0.4, 0.5) is 0 Å². The zero-order valence-electron chi connectivity index (χ0n) is 10.2. The van der Waals surface area contributed by atoms with Crippen LogP contribution in [0.1, 0.15) is 37.1 Å². The number of fused-ring (bicyclic) bond motifs is 1. The Kier molecular flexibility index (Phi) is 3.84. The highest BCUT2D eigenvalue weighted by Gasteiger charge is 2.24. The summed E-state index contributed by atoms with van der Waals surface area (Å²) < 4.78 is 6.54. The second-order valence-electron chi connectivity index (χ2n) is 4.12. The SMILES string of the molecule is CCOC(=O)Cn1ncc2c1CCCC2N=[N+]=[N-]. The molecule has 7 heteroatoms. The van der Waals surface area contributed by atoms with Crippen LogP contribution in [0.25, 0.3) is 10.4 Å². The Balaban J connectivity index is 2.20. The van der Waals surface area contributed by atoms with E-state index in [-0.39, 0.29) is 18.6 Å². The van der Waals surface area contributed by atoms with E-state index in [1.54, 1.807) is 17.8 Å². The highest BCUT2D eigenvalue weighted by molar-refractivity contribution is 5.69. The van der Waals surface area contributed by atoms with E-state index in [1.165, 1.54) is 0 Å². The summed E-state index contributed by atoms with van der Waals surface area (Å²) in [6.45, 7) is 2.25. The molecule has 0 saturated carbocycles. The Morgan fingerprint density at radius 2 is 2.61 bits per heavy atom. The summed E-state index contributed by atoms with van der Waals surface area (Å²) >= 11 is 0. The average Bonchev–Trinajstić information content (AvgIpc) is 2.74. The minimum absolute atomic E-state index is 0.117. The first-order valence-electron chi connectivity index (χ1n) is 6.00. The van der Waals surface area contributed by atoms with Gasteiger partial charge >= 0.3 is 5.97 Å². The normalized spacial score (nSPS) is 17.7. The molecule has 1 aliphatic carbocycles. The number of carbonyl (C=O) groups is 1. The molecule has 1 aromatic heterocycles.